The molecule has 0 unspecified atom stereocenters. The highest BCUT2D eigenvalue weighted by Gasteiger charge is 2.17. The summed E-state index contributed by atoms with van der Waals surface area (Å²) in [6.45, 7) is 8.01. The predicted octanol–water partition coefficient (Wildman–Crippen LogP) is 3.38. The Balaban J connectivity index is 2.09. The number of carbonyl (C=O) groups is 1. The van der Waals surface area contributed by atoms with Gasteiger partial charge in [-0.25, -0.2) is 0 Å². The summed E-state index contributed by atoms with van der Waals surface area (Å²) in [5.41, 5.74) is 3.07. The molecule has 0 saturated carbocycles. The zero-order chi connectivity index (χ0) is 16.1. The van der Waals surface area contributed by atoms with Gasteiger partial charge in [0, 0.05) is 25.0 Å². The average molecular weight is 297 g/mol. The van der Waals surface area contributed by atoms with E-state index in [1.165, 1.54) is 0 Å². The van der Waals surface area contributed by atoms with E-state index in [0.29, 0.717) is 0 Å². The first-order valence-electron chi connectivity index (χ1n) is 7.74. The number of nitriles is 1. The molecular formula is C18H23N3O. The molecule has 1 aliphatic rings. The van der Waals surface area contributed by atoms with Gasteiger partial charge in [-0.3, -0.25) is 4.79 Å². The fraction of sp³-hybridized carbons (Fsp3) is 0.444. The zero-order valence-corrected chi connectivity index (χ0v) is 13.5. The lowest BCUT2D eigenvalue weighted by atomic mass is 9.99. The maximum Gasteiger partial charge on any atom is 0.267 e. The molecular weight excluding hydrogens is 274 g/mol. The highest BCUT2D eigenvalue weighted by Crippen LogP contribution is 2.20. The second-order valence-corrected chi connectivity index (χ2v) is 6.07. The summed E-state index contributed by atoms with van der Waals surface area (Å²) in [5.74, 6) is 0.383. The van der Waals surface area contributed by atoms with E-state index in [9.17, 15) is 10.1 Å². The molecule has 0 radical (unpaired) electrons. The highest BCUT2D eigenvalue weighted by atomic mass is 16.1. The third-order valence-corrected chi connectivity index (χ3v) is 4.35. The maximum absolute atomic E-state index is 12.3. The van der Waals surface area contributed by atoms with Crippen LogP contribution in [0.25, 0.3) is 0 Å². The summed E-state index contributed by atoms with van der Waals surface area (Å²) in [4.78, 5) is 14.4. The Labute approximate surface area is 132 Å². The Morgan fingerprint density at radius 1 is 1.36 bits per heavy atom. The van der Waals surface area contributed by atoms with Crippen LogP contribution in [0.15, 0.2) is 30.0 Å². The minimum absolute atomic E-state index is 0.162. The topological polar surface area (TPSA) is 56.1 Å². The number of amides is 1. The maximum atomic E-state index is 12.3. The first kappa shape index (κ1) is 16.1. The van der Waals surface area contributed by atoms with E-state index in [1.807, 2.05) is 38.1 Å². The van der Waals surface area contributed by atoms with E-state index in [4.69, 9.17) is 0 Å². The summed E-state index contributed by atoms with van der Waals surface area (Å²) < 4.78 is 0. The number of aryl methyl sites for hydroxylation is 1. The van der Waals surface area contributed by atoms with Crippen molar-refractivity contribution >= 4 is 11.6 Å². The van der Waals surface area contributed by atoms with E-state index in [2.05, 4.69) is 17.1 Å². The third-order valence-electron chi connectivity index (χ3n) is 4.35. The number of nitrogens with one attached hydrogen (secondary N) is 1. The Morgan fingerprint density at radius 2 is 2.05 bits per heavy atom. The van der Waals surface area contributed by atoms with Gasteiger partial charge >= 0.3 is 0 Å². The van der Waals surface area contributed by atoms with Gasteiger partial charge in [0.25, 0.3) is 5.91 Å². The van der Waals surface area contributed by atoms with Crippen LogP contribution in [0.3, 0.4) is 0 Å². The van der Waals surface area contributed by atoms with Crippen LogP contribution in [0.4, 0.5) is 5.69 Å². The van der Waals surface area contributed by atoms with Crippen molar-refractivity contribution < 1.29 is 4.79 Å². The summed E-state index contributed by atoms with van der Waals surface area (Å²) in [5, 5.41) is 12.1. The van der Waals surface area contributed by atoms with Crippen LogP contribution in [-0.2, 0) is 4.79 Å². The van der Waals surface area contributed by atoms with Gasteiger partial charge in [0.15, 0.2) is 0 Å². The summed E-state index contributed by atoms with van der Waals surface area (Å²) in [6.07, 6.45) is 3.91. The molecule has 1 amide bonds. The normalized spacial score (nSPS) is 16.3. The lowest BCUT2D eigenvalue weighted by molar-refractivity contribution is -0.112. The van der Waals surface area contributed by atoms with Gasteiger partial charge in [-0.15, -0.1) is 0 Å². The van der Waals surface area contributed by atoms with Crippen molar-refractivity contribution in [3.05, 3.63) is 41.1 Å². The van der Waals surface area contributed by atoms with Crippen molar-refractivity contribution in [1.82, 2.24) is 4.90 Å². The van der Waals surface area contributed by atoms with Crippen LogP contribution in [0, 0.1) is 31.1 Å². The Bertz CT molecular complexity index is 620. The largest absolute Gasteiger partial charge is 0.376 e. The van der Waals surface area contributed by atoms with Crippen molar-refractivity contribution in [2.75, 3.05) is 18.4 Å². The molecule has 4 heteroatoms. The summed E-state index contributed by atoms with van der Waals surface area (Å²) in [7, 11) is 0. The fourth-order valence-corrected chi connectivity index (χ4v) is 2.55. The van der Waals surface area contributed by atoms with Gasteiger partial charge in [-0.05, 0) is 49.8 Å². The molecule has 4 nitrogen and oxygen atoms in total. The molecule has 1 aromatic rings. The lowest BCUT2D eigenvalue weighted by Crippen LogP contribution is -2.29. The predicted molar refractivity (Wildman–Crippen MR) is 88.2 cm³/mol. The molecule has 1 aromatic carbocycles. The van der Waals surface area contributed by atoms with Crippen LogP contribution in [-0.4, -0.2) is 23.9 Å². The lowest BCUT2D eigenvalue weighted by Gasteiger charge is -2.29. The van der Waals surface area contributed by atoms with E-state index < -0.39 is 0 Å². The third kappa shape index (κ3) is 3.88. The Hall–Kier alpha value is -2.28. The molecule has 22 heavy (non-hydrogen) atoms. The number of carbonyl (C=O) groups excluding carboxylic acids is 1. The standard InChI is InChI=1S/C18H23N3O/c1-13-7-9-21(10-8-13)12-16(11-19)18(22)20-17-6-4-5-14(2)15(17)3/h4-6,12-13H,7-10H2,1-3H3,(H,20,22)/b16-12-. The zero-order valence-electron chi connectivity index (χ0n) is 13.5. The van der Waals surface area contributed by atoms with Gasteiger partial charge in [-0.2, -0.15) is 5.26 Å². The average Bonchev–Trinajstić information content (AvgIpc) is 2.51. The van der Waals surface area contributed by atoms with Crippen molar-refractivity contribution in [1.29, 1.82) is 5.26 Å². The quantitative estimate of drug-likeness (QED) is 0.687. The minimum Gasteiger partial charge on any atom is -0.376 e. The summed E-state index contributed by atoms with van der Waals surface area (Å²) >= 11 is 0. The molecule has 0 aliphatic carbocycles. The fourth-order valence-electron chi connectivity index (χ4n) is 2.55. The van der Waals surface area contributed by atoms with Crippen molar-refractivity contribution in [3.63, 3.8) is 0 Å². The van der Waals surface area contributed by atoms with Gasteiger partial charge in [0.05, 0.1) is 0 Å². The number of hydrogen-bond acceptors (Lipinski definition) is 3. The number of benzene rings is 1. The van der Waals surface area contributed by atoms with E-state index in [0.717, 1.165) is 48.7 Å². The van der Waals surface area contributed by atoms with E-state index >= 15 is 0 Å². The summed E-state index contributed by atoms with van der Waals surface area (Å²) in [6, 6.07) is 7.78. The minimum atomic E-state index is -0.338. The molecule has 1 fully saturated rings. The molecule has 1 heterocycles. The first-order valence-corrected chi connectivity index (χ1v) is 7.74. The highest BCUT2D eigenvalue weighted by molar-refractivity contribution is 6.06. The second-order valence-electron chi connectivity index (χ2n) is 6.07. The number of piperidine rings is 1. The Kier molecular flexibility index (Phi) is 5.21. The molecule has 2 rings (SSSR count). The van der Waals surface area contributed by atoms with Crippen LogP contribution in [0.5, 0.6) is 0 Å². The van der Waals surface area contributed by atoms with Crippen LogP contribution in [0.2, 0.25) is 0 Å². The van der Waals surface area contributed by atoms with Gasteiger partial charge in [-0.1, -0.05) is 19.1 Å². The molecule has 0 spiro atoms. The van der Waals surface area contributed by atoms with Crippen LogP contribution in [0.1, 0.15) is 30.9 Å². The van der Waals surface area contributed by atoms with Crippen molar-refractivity contribution in [2.45, 2.75) is 33.6 Å². The number of anilines is 1. The number of nitrogens with zero attached hydrogens (tertiary/aromatic N) is 2. The van der Waals surface area contributed by atoms with Gasteiger partial charge < -0.3 is 10.2 Å². The smallest absolute Gasteiger partial charge is 0.267 e. The van der Waals surface area contributed by atoms with Gasteiger partial charge in [0.1, 0.15) is 11.6 Å². The van der Waals surface area contributed by atoms with E-state index in [-0.39, 0.29) is 11.5 Å². The van der Waals surface area contributed by atoms with Crippen molar-refractivity contribution in [2.24, 2.45) is 5.92 Å². The van der Waals surface area contributed by atoms with Gasteiger partial charge in [0.2, 0.25) is 0 Å². The van der Waals surface area contributed by atoms with Crippen LogP contribution < -0.4 is 5.32 Å². The molecule has 0 bridgehead atoms. The monoisotopic (exact) mass is 297 g/mol. The second kappa shape index (κ2) is 7.13. The van der Waals surface area contributed by atoms with Crippen molar-refractivity contribution in [3.8, 4) is 6.07 Å². The SMILES string of the molecule is Cc1cccc(NC(=O)/C(C#N)=C\N2CCC(C)CC2)c1C. The molecule has 0 atom stereocenters. The molecule has 1 aliphatic heterocycles. The van der Waals surface area contributed by atoms with E-state index in [1.54, 1.807) is 6.20 Å². The first-order chi connectivity index (χ1) is 10.5. The number of likely N-dealkylation sites (tertiary alicyclic amines) is 1. The molecule has 0 aromatic heterocycles. The number of hydrogen-bond donors (Lipinski definition) is 1. The molecule has 116 valence electrons. The van der Waals surface area contributed by atoms with Crippen LogP contribution >= 0.6 is 0 Å². The Morgan fingerprint density at radius 3 is 2.68 bits per heavy atom. The number of rotatable bonds is 3. The molecule has 1 saturated heterocycles. The molecule has 1 N–H and O–H groups in total.